The highest BCUT2D eigenvalue weighted by molar-refractivity contribution is 7.91. The first-order valence-corrected chi connectivity index (χ1v) is 11.6. The fourth-order valence-electron chi connectivity index (χ4n) is 3.76. The lowest BCUT2D eigenvalue weighted by Gasteiger charge is -2.33. The molecule has 1 aromatic carbocycles. The number of sulfone groups is 1. The van der Waals surface area contributed by atoms with Crippen LogP contribution in [0.5, 0.6) is 0 Å². The Morgan fingerprint density at radius 3 is 2.69 bits per heavy atom. The maximum absolute atomic E-state index is 12.8. The normalized spacial score (nSPS) is 19.1. The van der Waals surface area contributed by atoms with E-state index in [2.05, 4.69) is 4.98 Å². The predicted octanol–water partition coefficient (Wildman–Crippen LogP) is 2.51. The van der Waals surface area contributed by atoms with E-state index in [1.54, 1.807) is 24.0 Å². The van der Waals surface area contributed by atoms with Gasteiger partial charge in [0, 0.05) is 23.2 Å². The number of carbonyl (C=O) groups excluding carboxylic acids is 2. The van der Waals surface area contributed by atoms with Gasteiger partial charge in [-0.25, -0.2) is 13.2 Å². The number of carbonyl (C=O) groups is 2. The van der Waals surface area contributed by atoms with Crippen LogP contribution >= 0.6 is 0 Å². The Kier molecular flexibility index (Phi) is 6.21. The van der Waals surface area contributed by atoms with Crippen molar-refractivity contribution < 1.29 is 22.7 Å². The number of esters is 1. The third-order valence-electron chi connectivity index (χ3n) is 5.35. The molecule has 7 nitrogen and oxygen atoms in total. The first kappa shape index (κ1) is 21.2. The second-order valence-corrected chi connectivity index (χ2v) is 9.75. The van der Waals surface area contributed by atoms with Crippen LogP contribution in [0.1, 0.15) is 42.7 Å². The SMILES string of the molecule is CC[C@H](C)N(C(=O)COC(=O)c1cc(C)nc2ccccc12)[C@H]1CCS(=O)(=O)C1. The standard InChI is InChI=1S/C21H26N2O5S/c1-4-15(3)23(16-9-10-29(26,27)13-16)20(24)12-28-21(25)18-11-14(2)22-19-8-6-5-7-17(18)19/h5-8,11,15-16H,4,9-10,12-13H2,1-3H3/t15-,16-/m0/s1. The van der Waals surface area contributed by atoms with Crippen LogP contribution < -0.4 is 0 Å². The fraction of sp³-hybridized carbons (Fsp3) is 0.476. The van der Waals surface area contributed by atoms with E-state index in [0.717, 1.165) is 0 Å². The average molecular weight is 419 g/mol. The van der Waals surface area contributed by atoms with Crippen molar-refractivity contribution in [2.45, 2.75) is 45.7 Å². The maximum atomic E-state index is 12.8. The summed E-state index contributed by atoms with van der Waals surface area (Å²) in [6, 6.07) is 8.39. The molecule has 29 heavy (non-hydrogen) atoms. The van der Waals surface area contributed by atoms with Crippen molar-refractivity contribution in [3.63, 3.8) is 0 Å². The van der Waals surface area contributed by atoms with Crippen molar-refractivity contribution in [2.24, 2.45) is 0 Å². The Balaban J connectivity index is 1.76. The highest BCUT2D eigenvalue weighted by Gasteiger charge is 2.36. The lowest BCUT2D eigenvalue weighted by Crippen LogP contribution is -2.48. The van der Waals surface area contributed by atoms with E-state index in [0.29, 0.717) is 35.0 Å². The van der Waals surface area contributed by atoms with Crippen molar-refractivity contribution in [1.82, 2.24) is 9.88 Å². The lowest BCUT2D eigenvalue weighted by atomic mass is 10.1. The van der Waals surface area contributed by atoms with Crippen LogP contribution in [0.2, 0.25) is 0 Å². The molecule has 0 saturated carbocycles. The number of hydrogen-bond donors (Lipinski definition) is 0. The minimum absolute atomic E-state index is 0.0365. The molecular formula is C21H26N2O5S. The van der Waals surface area contributed by atoms with Gasteiger partial charge in [-0.15, -0.1) is 0 Å². The zero-order valence-electron chi connectivity index (χ0n) is 16.9. The molecule has 1 fully saturated rings. The van der Waals surface area contributed by atoms with Crippen LogP contribution in [0, 0.1) is 6.92 Å². The molecule has 1 amide bonds. The number of nitrogens with zero attached hydrogens (tertiary/aromatic N) is 2. The molecule has 0 spiro atoms. The number of pyridine rings is 1. The largest absolute Gasteiger partial charge is 0.452 e. The number of rotatable bonds is 6. The Morgan fingerprint density at radius 1 is 1.31 bits per heavy atom. The summed E-state index contributed by atoms with van der Waals surface area (Å²) in [5, 5.41) is 0.663. The molecule has 2 atom stereocenters. The molecule has 8 heteroatoms. The third-order valence-corrected chi connectivity index (χ3v) is 7.10. The Morgan fingerprint density at radius 2 is 2.03 bits per heavy atom. The fourth-order valence-corrected chi connectivity index (χ4v) is 5.47. The van der Waals surface area contributed by atoms with E-state index in [4.69, 9.17) is 4.74 Å². The van der Waals surface area contributed by atoms with E-state index in [-0.39, 0.29) is 29.5 Å². The summed E-state index contributed by atoms with van der Waals surface area (Å²) in [5.74, 6) is -0.918. The monoisotopic (exact) mass is 418 g/mol. The van der Waals surface area contributed by atoms with Gasteiger partial charge in [0.15, 0.2) is 16.4 Å². The number of aryl methyl sites for hydroxylation is 1. The molecule has 0 radical (unpaired) electrons. The zero-order chi connectivity index (χ0) is 21.2. The van der Waals surface area contributed by atoms with Crippen molar-refractivity contribution in [3.05, 3.63) is 41.6 Å². The molecule has 1 aliphatic rings. The van der Waals surface area contributed by atoms with Crippen LogP contribution in [0.3, 0.4) is 0 Å². The zero-order valence-corrected chi connectivity index (χ0v) is 17.7. The van der Waals surface area contributed by atoms with Crippen molar-refractivity contribution in [2.75, 3.05) is 18.1 Å². The topological polar surface area (TPSA) is 93.6 Å². The number of aromatic nitrogens is 1. The van der Waals surface area contributed by atoms with Crippen molar-refractivity contribution in [1.29, 1.82) is 0 Å². The van der Waals surface area contributed by atoms with Gasteiger partial charge in [-0.2, -0.15) is 0 Å². The van der Waals surface area contributed by atoms with E-state index in [1.165, 1.54) is 0 Å². The van der Waals surface area contributed by atoms with Crippen molar-refractivity contribution in [3.8, 4) is 0 Å². The minimum Gasteiger partial charge on any atom is -0.452 e. The molecule has 1 aromatic heterocycles. The van der Waals surface area contributed by atoms with Gasteiger partial charge in [-0.1, -0.05) is 25.1 Å². The first-order valence-electron chi connectivity index (χ1n) is 9.77. The summed E-state index contributed by atoms with van der Waals surface area (Å²) in [4.78, 5) is 31.5. The molecule has 2 heterocycles. The average Bonchev–Trinajstić information content (AvgIpc) is 3.04. The van der Waals surface area contributed by atoms with Crippen molar-refractivity contribution >= 4 is 32.6 Å². The Hall–Kier alpha value is -2.48. The van der Waals surface area contributed by atoms with E-state index in [1.807, 2.05) is 32.0 Å². The number of para-hydroxylation sites is 1. The number of benzene rings is 1. The number of amides is 1. The highest BCUT2D eigenvalue weighted by Crippen LogP contribution is 2.22. The second kappa shape index (κ2) is 8.49. The van der Waals surface area contributed by atoms with Gasteiger partial charge < -0.3 is 9.64 Å². The summed E-state index contributed by atoms with van der Waals surface area (Å²) in [6.07, 6.45) is 1.10. The molecule has 3 rings (SSSR count). The molecule has 1 saturated heterocycles. The molecular weight excluding hydrogens is 392 g/mol. The predicted molar refractivity (Wildman–Crippen MR) is 110 cm³/mol. The van der Waals surface area contributed by atoms with Gasteiger partial charge in [-0.3, -0.25) is 9.78 Å². The molecule has 0 bridgehead atoms. The van der Waals surface area contributed by atoms with Gasteiger partial charge in [0.05, 0.1) is 22.6 Å². The first-order chi connectivity index (χ1) is 13.7. The summed E-state index contributed by atoms with van der Waals surface area (Å²) < 4.78 is 29.0. The van der Waals surface area contributed by atoms with Crippen LogP contribution in [0.25, 0.3) is 10.9 Å². The van der Waals surface area contributed by atoms with Gasteiger partial charge in [0.2, 0.25) is 0 Å². The number of ether oxygens (including phenoxy) is 1. The quantitative estimate of drug-likeness (QED) is 0.669. The summed E-state index contributed by atoms with van der Waals surface area (Å²) in [6.45, 7) is 5.19. The van der Waals surface area contributed by atoms with E-state index >= 15 is 0 Å². The Labute approximate surface area is 171 Å². The summed E-state index contributed by atoms with van der Waals surface area (Å²) in [7, 11) is -3.13. The second-order valence-electron chi connectivity index (χ2n) is 7.52. The van der Waals surface area contributed by atoms with Gasteiger partial charge in [0.25, 0.3) is 5.91 Å². The van der Waals surface area contributed by atoms with E-state index < -0.39 is 22.4 Å². The number of hydrogen-bond acceptors (Lipinski definition) is 6. The smallest absolute Gasteiger partial charge is 0.339 e. The Bertz CT molecular complexity index is 1030. The molecule has 156 valence electrons. The van der Waals surface area contributed by atoms with Crippen LogP contribution in [0.15, 0.2) is 30.3 Å². The summed E-state index contributed by atoms with van der Waals surface area (Å²) >= 11 is 0. The minimum atomic E-state index is -3.13. The third kappa shape index (κ3) is 4.75. The van der Waals surface area contributed by atoms with E-state index in [9.17, 15) is 18.0 Å². The molecule has 1 aliphatic heterocycles. The summed E-state index contributed by atoms with van der Waals surface area (Å²) in [5.41, 5.74) is 1.72. The molecule has 0 N–H and O–H groups in total. The molecule has 0 unspecified atom stereocenters. The van der Waals surface area contributed by atoms with Crippen LogP contribution in [0.4, 0.5) is 0 Å². The maximum Gasteiger partial charge on any atom is 0.339 e. The highest BCUT2D eigenvalue weighted by atomic mass is 32.2. The number of fused-ring (bicyclic) bond motifs is 1. The van der Waals surface area contributed by atoms with Crippen LogP contribution in [-0.2, 0) is 19.4 Å². The molecule has 0 aliphatic carbocycles. The molecule has 2 aromatic rings. The van der Waals surface area contributed by atoms with Gasteiger partial charge in [-0.05, 0) is 38.8 Å². The van der Waals surface area contributed by atoms with Gasteiger partial charge >= 0.3 is 5.97 Å². The lowest BCUT2D eigenvalue weighted by molar-refractivity contribution is -0.138. The van der Waals surface area contributed by atoms with Crippen LogP contribution in [-0.4, -0.2) is 60.4 Å². The van der Waals surface area contributed by atoms with Gasteiger partial charge in [0.1, 0.15) is 0 Å².